The molecule has 0 radical (unpaired) electrons. The smallest absolute Gasteiger partial charge is 0.421 e. The van der Waals surface area contributed by atoms with Crippen LogP contribution in [0.2, 0.25) is 0 Å². The van der Waals surface area contributed by atoms with Gasteiger partial charge in [-0.15, -0.1) is 0 Å². The molecule has 0 aliphatic carbocycles. The molecule has 0 heterocycles. The number of alkyl halides is 6. The van der Waals surface area contributed by atoms with Gasteiger partial charge in [-0.25, -0.2) is 16.8 Å². The zero-order valence-electron chi connectivity index (χ0n) is 22.0. The molecule has 15 heteroatoms. The number of likely N-dealkylation sites (N-methyl/N-ethyl adjacent to an activating group) is 1. The molecule has 0 amide bonds. The van der Waals surface area contributed by atoms with Crippen LogP contribution < -0.4 is 0 Å². The highest BCUT2D eigenvalue weighted by atomic mass is 32.3. The molecule has 0 saturated carbocycles. The van der Waals surface area contributed by atoms with Crippen molar-refractivity contribution in [3.63, 3.8) is 0 Å². The van der Waals surface area contributed by atoms with Gasteiger partial charge in [-0.1, -0.05) is 53.4 Å². The van der Waals surface area contributed by atoms with Gasteiger partial charge in [-0.2, -0.15) is 26.3 Å². The van der Waals surface area contributed by atoms with E-state index in [0.29, 0.717) is 0 Å². The lowest BCUT2D eigenvalue weighted by molar-refractivity contribution is -0.909. The largest absolute Gasteiger partial charge is 0.480 e. The zero-order valence-corrected chi connectivity index (χ0v) is 23.6. The van der Waals surface area contributed by atoms with Crippen LogP contribution in [0.15, 0.2) is 0 Å². The Labute approximate surface area is 213 Å². The van der Waals surface area contributed by atoms with Crippen molar-refractivity contribution in [2.75, 3.05) is 46.3 Å². The molecule has 220 valence electrons. The van der Waals surface area contributed by atoms with Gasteiger partial charge in [0.15, 0.2) is 20.0 Å². The molecule has 0 unspecified atom stereocenters. The molecule has 0 spiro atoms. The molecule has 0 rings (SSSR count). The van der Waals surface area contributed by atoms with Crippen LogP contribution in [-0.4, -0.2) is 83.6 Å². The third-order valence-electron chi connectivity index (χ3n) is 5.50. The number of halogens is 6. The number of hydrogen-bond donors (Lipinski definition) is 0. The van der Waals surface area contributed by atoms with E-state index in [4.69, 9.17) is 0 Å². The second kappa shape index (κ2) is 17.0. The lowest BCUT2D eigenvalue weighted by atomic mass is 10.2. The minimum absolute atomic E-state index is 0.778. The molecule has 36 heavy (non-hydrogen) atoms. The highest BCUT2D eigenvalue weighted by Crippen LogP contribution is 2.36. The summed E-state index contributed by atoms with van der Waals surface area (Å²) in [4.78, 5) is 2.72. The molecule has 7 nitrogen and oxygen atoms in total. The number of sulfonamides is 2. The van der Waals surface area contributed by atoms with Crippen LogP contribution >= 0.6 is 0 Å². The molecular formula is C21H43F6N3O4S2. The average molecular weight is 580 g/mol. The molecular weight excluding hydrogens is 536 g/mol. The molecule has 0 bridgehead atoms. The summed E-state index contributed by atoms with van der Waals surface area (Å²) < 4.78 is 110. The average Bonchev–Trinajstić information content (AvgIpc) is 2.74. The van der Waals surface area contributed by atoms with Crippen LogP contribution in [0.25, 0.3) is 4.13 Å². The van der Waals surface area contributed by atoms with Crippen molar-refractivity contribution < 1.29 is 47.7 Å². The second-order valence-electron chi connectivity index (χ2n) is 8.96. The Kier molecular flexibility index (Phi) is 17.8. The Morgan fingerprint density at radius 2 is 0.944 bits per heavy atom. The van der Waals surface area contributed by atoms with Crippen molar-refractivity contribution in [1.82, 2.24) is 4.90 Å². The number of hydrogen-bond acceptors (Lipinski definition) is 5. The Balaban J connectivity index is 0. The minimum Gasteiger partial charge on any atom is -0.421 e. The predicted molar refractivity (Wildman–Crippen MR) is 130 cm³/mol. The third kappa shape index (κ3) is 15.6. The van der Waals surface area contributed by atoms with Crippen molar-refractivity contribution >= 4 is 20.0 Å². The predicted octanol–water partition coefficient (Wildman–Crippen LogP) is 5.99. The van der Waals surface area contributed by atoms with E-state index in [2.05, 4.69) is 39.6 Å². The van der Waals surface area contributed by atoms with Crippen molar-refractivity contribution in [2.24, 2.45) is 0 Å². The number of rotatable bonds is 17. The summed E-state index contributed by atoms with van der Waals surface area (Å²) in [7, 11) is -11.0. The van der Waals surface area contributed by atoms with Crippen molar-refractivity contribution in [3.8, 4) is 0 Å². The highest BCUT2D eigenvalue weighted by molar-refractivity contribution is 8.13. The number of quaternary nitrogens is 1. The number of unbranched alkanes of at least 4 members (excludes halogenated alkanes) is 4. The molecule has 0 aromatic rings. The fraction of sp³-hybridized carbons (Fsp3) is 1.00. The van der Waals surface area contributed by atoms with E-state index >= 15 is 0 Å². The number of nitrogens with zero attached hydrogens (tertiary/aromatic N) is 3. The van der Waals surface area contributed by atoms with Crippen LogP contribution in [0, 0.1) is 0 Å². The van der Waals surface area contributed by atoms with E-state index < -0.39 is 31.1 Å². The lowest BCUT2D eigenvalue weighted by Gasteiger charge is -2.37. The lowest BCUT2D eigenvalue weighted by Crippen LogP contribution is -2.50. The quantitative estimate of drug-likeness (QED) is 0.156. The van der Waals surface area contributed by atoms with Gasteiger partial charge in [0.25, 0.3) is 0 Å². The minimum atomic E-state index is -6.72. The summed E-state index contributed by atoms with van der Waals surface area (Å²) in [6, 6.07) is 0. The molecule has 0 fully saturated rings. The molecule has 0 aromatic carbocycles. The first-order valence-electron chi connectivity index (χ1n) is 12.2. The van der Waals surface area contributed by atoms with Gasteiger partial charge >= 0.3 is 11.0 Å². The molecule has 0 atom stereocenters. The van der Waals surface area contributed by atoms with Crippen LogP contribution in [0.4, 0.5) is 26.3 Å². The molecule has 0 aliphatic heterocycles. The fourth-order valence-electron chi connectivity index (χ4n) is 3.11. The summed E-state index contributed by atoms with van der Waals surface area (Å²) >= 11 is 0. The van der Waals surface area contributed by atoms with Gasteiger partial charge in [0.05, 0.1) is 26.7 Å². The maximum atomic E-state index is 11.4. The van der Waals surface area contributed by atoms with Gasteiger partial charge in [-0.3, -0.25) is 4.90 Å². The standard InChI is InChI=1S/C19H43N2.C2F6NO4S2/c1-6-10-14-20(15-11-7-2)16-19-21(5,17-12-8-3)18-13-9-4;3-1(4,5)14(10,11)9-15(12,13)2(6,7)8/h6-19H2,1-5H3;/q+1;-1. The van der Waals surface area contributed by atoms with E-state index in [1.807, 2.05) is 0 Å². The summed E-state index contributed by atoms with van der Waals surface area (Å²) in [5, 5.41) is 0. The SMILES string of the molecule is CCCCN(CCCC)CC[N+](C)(CCCC)CCCC.O=S(=O)([N-]S(=O)(=O)C(F)(F)F)C(F)(F)F. The van der Waals surface area contributed by atoms with E-state index in [9.17, 15) is 43.2 Å². The highest BCUT2D eigenvalue weighted by Gasteiger charge is 2.46. The Morgan fingerprint density at radius 1 is 0.611 bits per heavy atom. The second-order valence-corrected chi connectivity index (χ2v) is 12.4. The summed E-state index contributed by atoms with van der Waals surface area (Å²) in [5.41, 5.74) is -12.4. The van der Waals surface area contributed by atoms with Crippen LogP contribution in [0.3, 0.4) is 0 Å². The van der Waals surface area contributed by atoms with Crippen molar-refractivity contribution in [3.05, 3.63) is 4.13 Å². The van der Waals surface area contributed by atoms with E-state index in [1.54, 1.807) is 0 Å². The van der Waals surface area contributed by atoms with Gasteiger partial charge in [-0.05, 0) is 38.8 Å². The first-order valence-corrected chi connectivity index (χ1v) is 15.1. The van der Waals surface area contributed by atoms with E-state index in [0.717, 1.165) is 4.13 Å². The van der Waals surface area contributed by atoms with Crippen LogP contribution in [0.5, 0.6) is 0 Å². The maximum Gasteiger partial charge on any atom is 0.480 e. The Hall–Kier alpha value is -0.640. The topological polar surface area (TPSA) is 85.6 Å². The molecule has 0 aromatic heterocycles. The van der Waals surface area contributed by atoms with Crippen LogP contribution in [0.1, 0.15) is 79.1 Å². The monoisotopic (exact) mass is 579 g/mol. The van der Waals surface area contributed by atoms with E-state index in [1.165, 1.54) is 95.1 Å². The third-order valence-corrected chi connectivity index (χ3v) is 8.24. The Morgan fingerprint density at radius 3 is 1.22 bits per heavy atom. The van der Waals surface area contributed by atoms with Gasteiger partial charge in [0.2, 0.25) is 0 Å². The molecule has 0 aliphatic rings. The zero-order chi connectivity index (χ0) is 28.7. The van der Waals surface area contributed by atoms with Crippen molar-refractivity contribution in [2.45, 2.75) is 90.1 Å². The Bertz CT molecular complexity index is 730. The van der Waals surface area contributed by atoms with Crippen LogP contribution in [-0.2, 0) is 20.0 Å². The first-order chi connectivity index (χ1) is 16.3. The summed E-state index contributed by atoms with van der Waals surface area (Å²) in [5.74, 6) is 0. The summed E-state index contributed by atoms with van der Waals surface area (Å²) in [6.45, 7) is 17.2. The van der Waals surface area contributed by atoms with Gasteiger partial charge in [0, 0.05) is 6.54 Å². The molecule has 0 saturated heterocycles. The van der Waals surface area contributed by atoms with E-state index in [-0.39, 0.29) is 0 Å². The van der Waals surface area contributed by atoms with Gasteiger partial charge in [0.1, 0.15) is 0 Å². The molecule has 0 N–H and O–H groups in total. The fourth-order valence-corrected chi connectivity index (χ4v) is 4.82. The maximum absolute atomic E-state index is 11.4. The first kappa shape index (κ1) is 37.5. The summed E-state index contributed by atoms with van der Waals surface area (Å²) in [6.07, 6.45) is 10.8. The van der Waals surface area contributed by atoms with Gasteiger partial charge < -0.3 is 8.61 Å². The normalized spacial score (nSPS) is 13.6. The van der Waals surface area contributed by atoms with Crippen molar-refractivity contribution in [1.29, 1.82) is 0 Å².